The van der Waals surface area contributed by atoms with Crippen molar-refractivity contribution in [2.45, 2.75) is 12.3 Å². The van der Waals surface area contributed by atoms with Crippen LogP contribution in [0.15, 0.2) is 18.2 Å². The molecular formula is C12H19NO3S2. The van der Waals surface area contributed by atoms with E-state index in [1.165, 1.54) is 6.26 Å². The second kappa shape index (κ2) is 7.01. The lowest BCUT2D eigenvalue weighted by atomic mass is 10.1. The Kier molecular flexibility index (Phi) is 5.98. The van der Waals surface area contributed by atoms with Crippen LogP contribution in [0.5, 0.6) is 5.75 Å². The van der Waals surface area contributed by atoms with Crippen molar-refractivity contribution in [3.63, 3.8) is 0 Å². The molecule has 1 aromatic carbocycles. The molecule has 0 heterocycles. The number of thioether (sulfide) groups is 1. The second-order valence-electron chi connectivity index (χ2n) is 4.03. The predicted molar refractivity (Wildman–Crippen MR) is 76.8 cm³/mol. The van der Waals surface area contributed by atoms with Crippen LogP contribution in [0.3, 0.4) is 0 Å². The first-order chi connectivity index (χ1) is 8.46. The molecule has 0 bridgehead atoms. The van der Waals surface area contributed by atoms with E-state index in [9.17, 15) is 8.42 Å². The molecule has 0 fully saturated rings. The molecule has 0 radical (unpaired) electrons. The number of hydrogen-bond acceptors (Lipinski definition) is 5. The summed E-state index contributed by atoms with van der Waals surface area (Å²) in [5, 5.41) is 0. The standard InChI is InChI=1S/C12H19NO3S2/c1-16-12-4-3-10(8-13)7-11(12)9-17-5-6-18(2,14)15/h3-4,7H,5-6,8-9,13H2,1-2H3. The Morgan fingerprint density at radius 2 is 2.11 bits per heavy atom. The van der Waals surface area contributed by atoms with Gasteiger partial charge in [-0.1, -0.05) is 6.07 Å². The van der Waals surface area contributed by atoms with Crippen LogP contribution in [0, 0.1) is 0 Å². The van der Waals surface area contributed by atoms with Gasteiger partial charge < -0.3 is 10.5 Å². The van der Waals surface area contributed by atoms with Crippen molar-refractivity contribution in [1.29, 1.82) is 0 Å². The van der Waals surface area contributed by atoms with Gasteiger partial charge in [-0.25, -0.2) is 8.42 Å². The van der Waals surface area contributed by atoms with Gasteiger partial charge in [0.1, 0.15) is 15.6 Å². The topological polar surface area (TPSA) is 69.4 Å². The van der Waals surface area contributed by atoms with Gasteiger partial charge in [-0.05, 0) is 17.7 Å². The maximum Gasteiger partial charge on any atom is 0.148 e. The molecule has 0 saturated heterocycles. The fourth-order valence-electron chi connectivity index (χ4n) is 1.46. The SMILES string of the molecule is COc1ccc(CN)cc1CSCCS(C)(=O)=O. The minimum absolute atomic E-state index is 0.205. The first kappa shape index (κ1) is 15.3. The summed E-state index contributed by atoms with van der Waals surface area (Å²) >= 11 is 1.58. The highest BCUT2D eigenvalue weighted by Crippen LogP contribution is 2.24. The number of ether oxygens (including phenoxy) is 1. The van der Waals surface area contributed by atoms with E-state index in [2.05, 4.69) is 0 Å². The highest BCUT2D eigenvalue weighted by molar-refractivity contribution is 7.99. The van der Waals surface area contributed by atoms with Gasteiger partial charge in [0.15, 0.2) is 0 Å². The summed E-state index contributed by atoms with van der Waals surface area (Å²) in [5.74, 6) is 2.34. The highest BCUT2D eigenvalue weighted by Gasteiger charge is 2.06. The summed E-state index contributed by atoms with van der Waals surface area (Å²) in [6, 6.07) is 5.84. The van der Waals surface area contributed by atoms with Crippen LogP contribution in [-0.2, 0) is 22.1 Å². The number of sulfone groups is 1. The van der Waals surface area contributed by atoms with Crippen molar-refractivity contribution in [1.82, 2.24) is 0 Å². The van der Waals surface area contributed by atoms with Crippen LogP contribution >= 0.6 is 11.8 Å². The monoisotopic (exact) mass is 289 g/mol. The molecule has 0 saturated carbocycles. The zero-order chi connectivity index (χ0) is 13.6. The van der Waals surface area contributed by atoms with Gasteiger partial charge in [0.05, 0.1) is 12.9 Å². The van der Waals surface area contributed by atoms with Gasteiger partial charge in [0, 0.05) is 29.9 Å². The van der Waals surface area contributed by atoms with Crippen molar-refractivity contribution in [3.8, 4) is 5.75 Å². The molecule has 6 heteroatoms. The fourth-order valence-corrected chi connectivity index (χ4v) is 3.74. The van der Waals surface area contributed by atoms with Gasteiger partial charge in [0.2, 0.25) is 0 Å². The minimum atomic E-state index is -2.88. The van der Waals surface area contributed by atoms with Crippen molar-refractivity contribution in [2.75, 3.05) is 24.9 Å². The third-order valence-corrected chi connectivity index (χ3v) is 4.65. The first-order valence-corrected chi connectivity index (χ1v) is 8.79. The maximum atomic E-state index is 11.0. The molecule has 0 aliphatic rings. The number of benzene rings is 1. The lowest BCUT2D eigenvalue weighted by Crippen LogP contribution is -2.05. The van der Waals surface area contributed by atoms with E-state index in [1.807, 2.05) is 18.2 Å². The average molecular weight is 289 g/mol. The Labute approximate surface area is 113 Å². The summed E-state index contributed by atoms with van der Waals surface area (Å²) in [6.45, 7) is 0.491. The van der Waals surface area contributed by atoms with Gasteiger partial charge in [-0.2, -0.15) is 11.8 Å². The van der Waals surface area contributed by atoms with Gasteiger partial charge in [-0.15, -0.1) is 0 Å². The summed E-state index contributed by atoms with van der Waals surface area (Å²) < 4.78 is 27.3. The normalized spacial score (nSPS) is 11.5. The van der Waals surface area contributed by atoms with E-state index < -0.39 is 9.84 Å². The lowest BCUT2D eigenvalue weighted by molar-refractivity contribution is 0.411. The zero-order valence-corrected chi connectivity index (χ0v) is 12.3. The first-order valence-electron chi connectivity index (χ1n) is 5.57. The molecule has 0 aliphatic carbocycles. The molecule has 1 aromatic rings. The predicted octanol–water partition coefficient (Wildman–Crippen LogP) is 1.43. The highest BCUT2D eigenvalue weighted by atomic mass is 32.2. The van der Waals surface area contributed by atoms with Crippen LogP contribution in [0.1, 0.15) is 11.1 Å². The van der Waals surface area contributed by atoms with E-state index in [4.69, 9.17) is 10.5 Å². The van der Waals surface area contributed by atoms with Crippen molar-refractivity contribution < 1.29 is 13.2 Å². The molecule has 0 aromatic heterocycles. The van der Waals surface area contributed by atoms with E-state index in [1.54, 1.807) is 18.9 Å². The summed E-state index contributed by atoms with van der Waals surface area (Å²) in [5.41, 5.74) is 7.70. The Bertz CT molecular complexity index is 486. The molecule has 1 rings (SSSR count). The zero-order valence-electron chi connectivity index (χ0n) is 10.7. The van der Waals surface area contributed by atoms with Gasteiger partial charge >= 0.3 is 0 Å². The third-order valence-electron chi connectivity index (χ3n) is 2.44. The molecule has 102 valence electrons. The van der Waals surface area contributed by atoms with E-state index in [0.29, 0.717) is 12.3 Å². The Balaban J connectivity index is 2.60. The minimum Gasteiger partial charge on any atom is -0.496 e. The smallest absolute Gasteiger partial charge is 0.148 e. The average Bonchev–Trinajstić information content (AvgIpc) is 2.33. The Morgan fingerprint density at radius 3 is 2.67 bits per heavy atom. The Morgan fingerprint density at radius 1 is 1.39 bits per heavy atom. The Hall–Kier alpha value is -0.720. The maximum absolute atomic E-state index is 11.0. The van der Waals surface area contributed by atoms with Gasteiger partial charge in [-0.3, -0.25) is 0 Å². The van der Waals surface area contributed by atoms with Crippen LogP contribution in [-0.4, -0.2) is 33.3 Å². The largest absolute Gasteiger partial charge is 0.496 e. The van der Waals surface area contributed by atoms with Crippen molar-refractivity contribution in [2.24, 2.45) is 5.73 Å². The number of nitrogens with two attached hydrogens (primary N) is 1. The van der Waals surface area contributed by atoms with Crippen LogP contribution in [0.25, 0.3) is 0 Å². The molecule has 0 aliphatic heterocycles. The molecule has 0 atom stereocenters. The third kappa shape index (κ3) is 5.29. The molecule has 2 N–H and O–H groups in total. The number of hydrogen-bond donors (Lipinski definition) is 1. The summed E-state index contributed by atoms with van der Waals surface area (Å²) in [7, 11) is -1.25. The molecule has 18 heavy (non-hydrogen) atoms. The molecule has 0 amide bonds. The van der Waals surface area contributed by atoms with E-state index in [0.717, 1.165) is 22.6 Å². The molecular weight excluding hydrogens is 270 g/mol. The fraction of sp³-hybridized carbons (Fsp3) is 0.500. The number of methoxy groups -OCH3 is 1. The summed E-state index contributed by atoms with van der Waals surface area (Å²) in [6.07, 6.45) is 1.25. The summed E-state index contributed by atoms with van der Waals surface area (Å²) in [4.78, 5) is 0. The van der Waals surface area contributed by atoms with E-state index in [-0.39, 0.29) is 5.75 Å². The van der Waals surface area contributed by atoms with E-state index >= 15 is 0 Å². The van der Waals surface area contributed by atoms with Crippen LogP contribution < -0.4 is 10.5 Å². The molecule has 0 unspecified atom stereocenters. The van der Waals surface area contributed by atoms with Crippen molar-refractivity contribution >= 4 is 21.6 Å². The molecule has 4 nitrogen and oxygen atoms in total. The quantitative estimate of drug-likeness (QED) is 0.769. The molecule has 0 spiro atoms. The number of rotatable bonds is 7. The second-order valence-corrected chi connectivity index (χ2v) is 7.40. The van der Waals surface area contributed by atoms with Crippen LogP contribution in [0.4, 0.5) is 0 Å². The van der Waals surface area contributed by atoms with Crippen LogP contribution in [0.2, 0.25) is 0 Å². The van der Waals surface area contributed by atoms with Gasteiger partial charge in [0.25, 0.3) is 0 Å². The lowest BCUT2D eigenvalue weighted by Gasteiger charge is -2.09. The van der Waals surface area contributed by atoms with Crippen molar-refractivity contribution in [3.05, 3.63) is 29.3 Å².